The normalized spacial score (nSPS) is 11.1. The van der Waals surface area contributed by atoms with Gasteiger partial charge in [-0.05, 0) is 46.7 Å². The molecule has 0 saturated heterocycles. The number of benzene rings is 4. The van der Waals surface area contributed by atoms with Gasteiger partial charge in [0.25, 0.3) is 11.8 Å². The number of carboxylic acid groups (broad SMARTS) is 1. The predicted molar refractivity (Wildman–Crippen MR) is 134 cm³/mol. The van der Waals surface area contributed by atoms with Crippen molar-refractivity contribution in [2.24, 2.45) is 0 Å². The lowest BCUT2D eigenvalue weighted by Crippen LogP contribution is -2.31. The Morgan fingerprint density at radius 2 is 1.57 bits per heavy atom. The van der Waals surface area contributed by atoms with Crippen molar-refractivity contribution in [3.8, 4) is 5.75 Å². The number of anilines is 1. The number of hydrogen-bond acceptors (Lipinski definition) is 4. The number of fused-ring (bicyclic) bond motifs is 1. The first kappa shape index (κ1) is 23.3. The average molecular weight is 466 g/mol. The maximum absolute atomic E-state index is 13.3. The molecule has 7 heteroatoms. The molecule has 4 rings (SSSR count). The lowest BCUT2D eigenvalue weighted by atomic mass is 10.0. The maximum atomic E-state index is 13.3. The van der Waals surface area contributed by atoms with Gasteiger partial charge in [0.15, 0.2) is 0 Å². The van der Waals surface area contributed by atoms with Crippen LogP contribution in [0.1, 0.15) is 26.3 Å². The summed E-state index contributed by atoms with van der Waals surface area (Å²) in [5, 5.41) is 16.4. The molecule has 0 heterocycles. The molecule has 0 aliphatic heterocycles. The molecule has 35 heavy (non-hydrogen) atoms. The topological polar surface area (TPSA) is 105 Å². The largest absolute Gasteiger partial charge is 0.495 e. The van der Waals surface area contributed by atoms with Gasteiger partial charge in [-0.2, -0.15) is 0 Å². The Bertz CT molecular complexity index is 1440. The highest BCUT2D eigenvalue weighted by Gasteiger charge is 2.19. The first-order valence-electron chi connectivity index (χ1n) is 10.7. The van der Waals surface area contributed by atoms with Crippen LogP contribution in [0, 0.1) is 0 Å². The highest BCUT2D eigenvalue weighted by Crippen LogP contribution is 2.26. The SMILES string of the molecule is COc1ccc(C(=O)O)cc1NC(=O)/C(=C\c1ccccc1)NC(=O)c1cccc2ccccc12. The van der Waals surface area contributed by atoms with E-state index in [1.165, 1.54) is 25.3 Å². The Hall–Kier alpha value is -4.91. The summed E-state index contributed by atoms with van der Waals surface area (Å²) >= 11 is 0. The number of aromatic carboxylic acids is 1. The summed E-state index contributed by atoms with van der Waals surface area (Å²) in [4.78, 5) is 37.9. The third-order valence-corrected chi connectivity index (χ3v) is 5.33. The van der Waals surface area contributed by atoms with Gasteiger partial charge in [0.05, 0.1) is 18.4 Å². The molecule has 0 bridgehead atoms. The van der Waals surface area contributed by atoms with E-state index >= 15 is 0 Å². The Morgan fingerprint density at radius 3 is 2.31 bits per heavy atom. The van der Waals surface area contributed by atoms with Crippen molar-refractivity contribution in [3.63, 3.8) is 0 Å². The fourth-order valence-electron chi connectivity index (χ4n) is 3.62. The smallest absolute Gasteiger partial charge is 0.335 e. The minimum absolute atomic E-state index is 0.0167. The molecule has 0 unspecified atom stereocenters. The van der Waals surface area contributed by atoms with Crippen molar-refractivity contribution in [3.05, 3.63) is 113 Å². The van der Waals surface area contributed by atoms with Gasteiger partial charge in [0.1, 0.15) is 11.4 Å². The van der Waals surface area contributed by atoms with Crippen LogP contribution in [0.15, 0.2) is 96.7 Å². The number of amides is 2. The van der Waals surface area contributed by atoms with E-state index in [4.69, 9.17) is 4.74 Å². The zero-order valence-electron chi connectivity index (χ0n) is 18.8. The molecule has 7 nitrogen and oxygen atoms in total. The zero-order chi connectivity index (χ0) is 24.8. The van der Waals surface area contributed by atoms with Crippen LogP contribution in [0.2, 0.25) is 0 Å². The van der Waals surface area contributed by atoms with Gasteiger partial charge in [-0.1, -0.05) is 66.7 Å². The van der Waals surface area contributed by atoms with Crippen LogP contribution in [-0.4, -0.2) is 30.0 Å². The van der Waals surface area contributed by atoms with Crippen LogP contribution in [0.4, 0.5) is 5.69 Å². The van der Waals surface area contributed by atoms with Crippen molar-refractivity contribution in [2.75, 3.05) is 12.4 Å². The first-order valence-corrected chi connectivity index (χ1v) is 10.7. The van der Waals surface area contributed by atoms with Crippen molar-refractivity contribution in [1.82, 2.24) is 5.32 Å². The van der Waals surface area contributed by atoms with Crippen molar-refractivity contribution >= 4 is 40.3 Å². The molecule has 0 fully saturated rings. The van der Waals surface area contributed by atoms with Crippen molar-refractivity contribution in [1.29, 1.82) is 0 Å². The zero-order valence-corrected chi connectivity index (χ0v) is 18.8. The molecule has 0 aromatic heterocycles. The van der Waals surface area contributed by atoms with Crippen LogP contribution >= 0.6 is 0 Å². The minimum Gasteiger partial charge on any atom is -0.495 e. The summed E-state index contributed by atoms with van der Waals surface area (Å²) < 4.78 is 5.26. The summed E-state index contributed by atoms with van der Waals surface area (Å²) in [6, 6.07) is 26.0. The van der Waals surface area contributed by atoms with Gasteiger partial charge in [-0.15, -0.1) is 0 Å². The second-order valence-corrected chi connectivity index (χ2v) is 7.62. The van der Waals surface area contributed by atoms with E-state index in [0.29, 0.717) is 11.1 Å². The molecule has 3 N–H and O–H groups in total. The first-order chi connectivity index (χ1) is 17.0. The number of carboxylic acids is 1. The third-order valence-electron chi connectivity index (χ3n) is 5.33. The molecule has 0 saturated carbocycles. The van der Waals surface area contributed by atoms with Crippen LogP contribution in [-0.2, 0) is 4.79 Å². The van der Waals surface area contributed by atoms with Gasteiger partial charge in [-0.25, -0.2) is 4.79 Å². The second-order valence-electron chi connectivity index (χ2n) is 7.62. The number of hydrogen-bond donors (Lipinski definition) is 3. The van der Waals surface area contributed by atoms with Crippen LogP contribution in [0.25, 0.3) is 16.8 Å². The van der Waals surface area contributed by atoms with E-state index in [9.17, 15) is 19.5 Å². The van der Waals surface area contributed by atoms with Crippen LogP contribution in [0.5, 0.6) is 5.75 Å². The number of methoxy groups -OCH3 is 1. The summed E-state index contributed by atoms with van der Waals surface area (Å²) in [7, 11) is 1.41. The maximum Gasteiger partial charge on any atom is 0.335 e. The van der Waals surface area contributed by atoms with E-state index in [1.54, 1.807) is 30.3 Å². The van der Waals surface area contributed by atoms with E-state index in [0.717, 1.165) is 10.8 Å². The molecule has 0 aliphatic carbocycles. The van der Waals surface area contributed by atoms with Crippen LogP contribution in [0.3, 0.4) is 0 Å². The van der Waals surface area contributed by atoms with Crippen LogP contribution < -0.4 is 15.4 Å². The Balaban J connectivity index is 1.69. The fraction of sp³-hybridized carbons (Fsp3) is 0.0357. The Kier molecular flexibility index (Phi) is 6.88. The highest BCUT2D eigenvalue weighted by molar-refractivity contribution is 6.14. The summed E-state index contributed by atoms with van der Waals surface area (Å²) in [5.41, 5.74) is 1.24. The number of rotatable bonds is 7. The van der Waals surface area contributed by atoms with E-state index in [2.05, 4.69) is 10.6 Å². The fourth-order valence-corrected chi connectivity index (χ4v) is 3.62. The third kappa shape index (κ3) is 5.36. The Labute approximate surface area is 201 Å². The van der Waals surface area contributed by atoms with Gasteiger partial charge in [0.2, 0.25) is 0 Å². The van der Waals surface area contributed by atoms with Crippen molar-refractivity contribution in [2.45, 2.75) is 0 Å². The van der Waals surface area contributed by atoms with Gasteiger partial charge >= 0.3 is 5.97 Å². The molecule has 4 aromatic rings. The minimum atomic E-state index is -1.15. The summed E-state index contributed by atoms with van der Waals surface area (Å²) in [6.07, 6.45) is 1.55. The van der Waals surface area contributed by atoms with Crippen molar-refractivity contribution < 1.29 is 24.2 Å². The molecule has 2 amide bonds. The molecule has 174 valence electrons. The number of carbonyl (C=O) groups excluding carboxylic acids is 2. The predicted octanol–water partition coefficient (Wildman–Crippen LogP) is 4.96. The van der Waals surface area contributed by atoms with Gasteiger partial charge in [-0.3, -0.25) is 9.59 Å². The molecular weight excluding hydrogens is 444 g/mol. The molecular formula is C28H22N2O5. The summed E-state index contributed by atoms with van der Waals surface area (Å²) in [6.45, 7) is 0. The number of ether oxygens (including phenoxy) is 1. The molecule has 0 atom stereocenters. The number of nitrogens with one attached hydrogen (secondary N) is 2. The monoisotopic (exact) mass is 466 g/mol. The van der Waals surface area contributed by atoms with E-state index in [1.807, 2.05) is 48.5 Å². The standard InChI is InChI=1S/C28H22N2O5/c1-35-25-15-14-20(28(33)34)17-23(25)29-27(32)24(16-18-8-3-2-4-9-18)30-26(31)22-13-7-11-19-10-5-6-12-21(19)22/h2-17H,1H3,(H,29,32)(H,30,31)(H,33,34)/b24-16+. The van der Waals surface area contributed by atoms with Gasteiger partial charge in [0, 0.05) is 5.56 Å². The lowest BCUT2D eigenvalue weighted by molar-refractivity contribution is -0.113. The highest BCUT2D eigenvalue weighted by atomic mass is 16.5. The average Bonchev–Trinajstić information content (AvgIpc) is 2.88. The molecule has 0 spiro atoms. The Morgan fingerprint density at radius 1 is 0.857 bits per heavy atom. The van der Waals surface area contributed by atoms with E-state index in [-0.39, 0.29) is 22.7 Å². The number of carbonyl (C=O) groups is 3. The lowest BCUT2D eigenvalue weighted by Gasteiger charge is -2.14. The molecule has 4 aromatic carbocycles. The quantitative estimate of drug-likeness (QED) is 0.334. The molecule has 0 radical (unpaired) electrons. The summed E-state index contributed by atoms with van der Waals surface area (Å²) in [5.74, 6) is -1.95. The molecule has 0 aliphatic rings. The van der Waals surface area contributed by atoms with Gasteiger partial charge < -0.3 is 20.5 Å². The van der Waals surface area contributed by atoms with E-state index < -0.39 is 17.8 Å². The second kappa shape index (κ2) is 10.4.